The number of rotatable bonds is 8. The summed E-state index contributed by atoms with van der Waals surface area (Å²) in [6.45, 7) is 4.23. The summed E-state index contributed by atoms with van der Waals surface area (Å²) in [4.78, 5) is 32.0. The molecule has 1 N–H and O–H groups in total. The topological polar surface area (TPSA) is 82.1 Å². The lowest BCUT2D eigenvalue weighted by molar-refractivity contribution is -0.120. The van der Waals surface area contributed by atoms with Crippen molar-refractivity contribution in [3.63, 3.8) is 0 Å². The van der Waals surface area contributed by atoms with Crippen LogP contribution in [0, 0.1) is 10.9 Å². The van der Waals surface area contributed by atoms with Crippen LogP contribution < -0.4 is 10.9 Å². The molecule has 188 valence electrons. The van der Waals surface area contributed by atoms with E-state index in [1.165, 1.54) is 23.1 Å². The zero-order valence-electron chi connectivity index (χ0n) is 20.2. The van der Waals surface area contributed by atoms with Gasteiger partial charge in [-0.2, -0.15) is 0 Å². The maximum absolute atomic E-state index is 13.9. The summed E-state index contributed by atoms with van der Waals surface area (Å²) < 4.78 is 9.77. The first kappa shape index (κ1) is 25.2. The van der Waals surface area contributed by atoms with Gasteiger partial charge in [-0.25, -0.2) is 4.98 Å². The number of nitrogens with one attached hydrogen (secondary N) is 1. The molecular weight excluding hydrogens is 525 g/mol. The lowest BCUT2D eigenvalue weighted by atomic mass is 10.2. The fourth-order valence-electron chi connectivity index (χ4n) is 4.00. The minimum Gasteiger partial charge on any atom is -0.467 e. The van der Waals surface area contributed by atoms with Crippen LogP contribution in [-0.2, 0) is 11.3 Å². The van der Waals surface area contributed by atoms with Crippen LogP contribution in [0.25, 0.3) is 21.7 Å². The maximum Gasteiger partial charge on any atom is 0.278 e. The van der Waals surface area contributed by atoms with E-state index in [2.05, 4.69) is 5.32 Å². The average Bonchev–Trinajstić information content (AvgIpc) is 3.54. The Labute approximate surface area is 226 Å². The van der Waals surface area contributed by atoms with Gasteiger partial charge >= 0.3 is 0 Å². The summed E-state index contributed by atoms with van der Waals surface area (Å²) in [5.74, 6) is 0.517. The van der Waals surface area contributed by atoms with E-state index in [1.807, 2.05) is 79.1 Å². The van der Waals surface area contributed by atoms with Crippen molar-refractivity contribution in [1.29, 1.82) is 0 Å². The third kappa shape index (κ3) is 5.04. The number of carbonyl (C=O) groups is 1. The first-order chi connectivity index (χ1) is 18.0. The van der Waals surface area contributed by atoms with Gasteiger partial charge in [-0.05, 0) is 61.5 Å². The second-order valence-corrected chi connectivity index (χ2v) is 11.1. The Morgan fingerprint density at radius 3 is 2.57 bits per heavy atom. The number of benzene rings is 2. The number of hydrogen-bond donors (Lipinski definition) is 1. The minimum absolute atomic E-state index is 0.154. The zero-order valence-corrected chi connectivity index (χ0v) is 22.7. The third-order valence-corrected chi connectivity index (χ3v) is 8.54. The van der Waals surface area contributed by atoms with E-state index in [0.717, 1.165) is 11.3 Å². The van der Waals surface area contributed by atoms with Crippen molar-refractivity contribution in [2.24, 2.45) is 0 Å². The number of carbonyl (C=O) groups excluding carboxylic acids is 1. The van der Waals surface area contributed by atoms with Gasteiger partial charge < -0.3 is 9.73 Å². The molecule has 0 bridgehead atoms. The van der Waals surface area contributed by atoms with E-state index in [4.69, 9.17) is 21.6 Å². The van der Waals surface area contributed by atoms with Crippen LogP contribution in [0.3, 0.4) is 0 Å². The van der Waals surface area contributed by atoms with Gasteiger partial charge in [0.15, 0.2) is 14.8 Å². The van der Waals surface area contributed by atoms with E-state index in [0.29, 0.717) is 37.3 Å². The molecule has 5 aromatic rings. The van der Waals surface area contributed by atoms with Crippen molar-refractivity contribution in [2.75, 3.05) is 0 Å². The summed E-state index contributed by atoms with van der Waals surface area (Å²) in [6.07, 6.45) is 2.12. The Bertz CT molecular complexity index is 1670. The van der Waals surface area contributed by atoms with E-state index in [-0.39, 0.29) is 18.0 Å². The smallest absolute Gasteiger partial charge is 0.278 e. The van der Waals surface area contributed by atoms with Crippen LogP contribution in [0.15, 0.2) is 87.4 Å². The number of hydrogen-bond acceptors (Lipinski definition) is 7. The first-order valence-electron chi connectivity index (χ1n) is 11.7. The van der Waals surface area contributed by atoms with Crippen molar-refractivity contribution in [1.82, 2.24) is 19.4 Å². The summed E-state index contributed by atoms with van der Waals surface area (Å²) in [5, 5.41) is 2.89. The number of nitrogens with zero attached hydrogens (tertiary/aromatic N) is 3. The number of aryl methyl sites for hydroxylation is 1. The lowest BCUT2D eigenvalue weighted by Crippen LogP contribution is -2.32. The number of para-hydroxylation sites is 2. The number of aromatic nitrogens is 3. The molecule has 5 rings (SSSR count). The van der Waals surface area contributed by atoms with Gasteiger partial charge in [0.1, 0.15) is 10.5 Å². The highest BCUT2D eigenvalue weighted by Crippen LogP contribution is 2.31. The third-order valence-electron chi connectivity index (χ3n) is 5.88. The highest BCUT2D eigenvalue weighted by Gasteiger charge is 2.25. The number of amides is 1. The Kier molecular flexibility index (Phi) is 7.40. The molecule has 3 aromatic heterocycles. The Morgan fingerprint density at radius 2 is 1.86 bits per heavy atom. The normalized spacial score (nSPS) is 12.1. The van der Waals surface area contributed by atoms with Gasteiger partial charge in [0.25, 0.3) is 5.56 Å². The summed E-state index contributed by atoms with van der Waals surface area (Å²) in [7, 11) is 0. The van der Waals surface area contributed by atoms with Crippen molar-refractivity contribution < 1.29 is 9.21 Å². The molecule has 7 nitrogen and oxygen atoms in total. The predicted molar refractivity (Wildman–Crippen MR) is 151 cm³/mol. The van der Waals surface area contributed by atoms with Crippen LogP contribution >= 0.6 is 35.3 Å². The molecule has 0 unspecified atom stereocenters. The van der Waals surface area contributed by atoms with E-state index in [1.54, 1.807) is 16.9 Å². The van der Waals surface area contributed by atoms with E-state index in [9.17, 15) is 9.59 Å². The maximum atomic E-state index is 13.9. The van der Waals surface area contributed by atoms with E-state index >= 15 is 0 Å². The molecule has 0 fully saturated rings. The van der Waals surface area contributed by atoms with Crippen molar-refractivity contribution in [2.45, 2.75) is 37.2 Å². The lowest BCUT2D eigenvalue weighted by Gasteiger charge is -2.18. The number of fused-ring (bicyclic) bond motifs is 1. The largest absolute Gasteiger partial charge is 0.467 e. The molecule has 2 aromatic carbocycles. The highest BCUT2D eigenvalue weighted by atomic mass is 32.2. The summed E-state index contributed by atoms with van der Waals surface area (Å²) in [5.41, 5.74) is 2.85. The van der Waals surface area contributed by atoms with Gasteiger partial charge in [-0.15, -0.1) is 0 Å². The average molecular weight is 549 g/mol. The molecule has 0 saturated heterocycles. The summed E-state index contributed by atoms with van der Waals surface area (Å²) in [6, 6.07) is 20.8. The molecule has 3 heterocycles. The van der Waals surface area contributed by atoms with Crippen LogP contribution in [0.4, 0.5) is 0 Å². The van der Waals surface area contributed by atoms with Crippen molar-refractivity contribution in [3.8, 4) is 11.4 Å². The predicted octanol–water partition coefficient (Wildman–Crippen LogP) is 6.06. The standard InChI is InChI=1S/C27H24N4O3S3/c1-3-21(24(32)28-16-19-13-9-15-34-19)36-26-29-23-22(25(33)30(26)18-11-5-4-6-12-18)37-27(35)31(23)20-14-8-7-10-17(20)2/h4-15,21H,3,16H2,1-2H3,(H,28,32)/t21-/m1/s1. The number of furan rings is 1. The second kappa shape index (κ2) is 10.9. The Hall–Kier alpha value is -3.47. The molecule has 1 atom stereocenters. The molecule has 1 amide bonds. The molecule has 0 aliphatic carbocycles. The van der Waals surface area contributed by atoms with Gasteiger partial charge in [0.05, 0.1) is 29.4 Å². The SMILES string of the molecule is CC[C@@H](Sc1nc2c(sc(=S)n2-c2ccccc2C)c(=O)n1-c1ccccc1)C(=O)NCc1ccco1. The van der Waals surface area contributed by atoms with Gasteiger partial charge in [-0.3, -0.25) is 18.7 Å². The zero-order chi connectivity index (χ0) is 25.9. The fraction of sp³-hybridized carbons (Fsp3) is 0.185. The van der Waals surface area contributed by atoms with Crippen LogP contribution in [0.1, 0.15) is 24.7 Å². The molecule has 0 spiro atoms. The minimum atomic E-state index is -0.470. The molecule has 0 aliphatic heterocycles. The fourth-order valence-corrected chi connectivity index (χ4v) is 6.33. The van der Waals surface area contributed by atoms with Crippen molar-refractivity contribution >= 4 is 51.6 Å². The molecule has 0 aliphatic rings. The van der Waals surface area contributed by atoms with Crippen LogP contribution in [0.2, 0.25) is 0 Å². The van der Waals surface area contributed by atoms with Crippen LogP contribution in [0.5, 0.6) is 0 Å². The molecule has 0 saturated carbocycles. The Morgan fingerprint density at radius 1 is 1.11 bits per heavy atom. The Balaban J connectivity index is 1.63. The first-order valence-corrected chi connectivity index (χ1v) is 13.8. The molecule has 37 heavy (non-hydrogen) atoms. The molecular formula is C27H24N4O3S3. The monoisotopic (exact) mass is 548 g/mol. The van der Waals surface area contributed by atoms with Crippen molar-refractivity contribution in [3.05, 3.63) is 98.6 Å². The highest BCUT2D eigenvalue weighted by molar-refractivity contribution is 8.00. The van der Waals surface area contributed by atoms with E-state index < -0.39 is 5.25 Å². The number of thioether (sulfide) groups is 1. The van der Waals surface area contributed by atoms with Gasteiger partial charge in [0, 0.05) is 0 Å². The molecule has 10 heteroatoms. The molecule has 0 radical (unpaired) electrons. The number of thiazole rings is 1. The van der Waals surface area contributed by atoms with Gasteiger partial charge in [0.2, 0.25) is 5.91 Å². The van der Waals surface area contributed by atoms with Crippen LogP contribution in [-0.4, -0.2) is 25.3 Å². The summed E-state index contributed by atoms with van der Waals surface area (Å²) >= 11 is 8.21. The quantitative estimate of drug-likeness (QED) is 0.144. The van der Waals surface area contributed by atoms with Gasteiger partial charge in [-0.1, -0.05) is 66.4 Å². The second-order valence-electron chi connectivity index (χ2n) is 8.32.